The van der Waals surface area contributed by atoms with Gasteiger partial charge in [-0.1, -0.05) is 18.2 Å². The molecule has 0 atom stereocenters. The Hall–Kier alpha value is -2.14. The first-order valence-corrected chi connectivity index (χ1v) is 7.51. The maximum atomic E-state index is 12.3. The molecule has 108 valence electrons. The van der Waals surface area contributed by atoms with Crippen molar-refractivity contribution in [2.45, 2.75) is 25.8 Å². The van der Waals surface area contributed by atoms with Gasteiger partial charge in [0.25, 0.3) is 5.56 Å². The third kappa shape index (κ3) is 2.14. The van der Waals surface area contributed by atoms with E-state index in [0.29, 0.717) is 12.5 Å². The third-order valence-corrected chi connectivity index (χ3v) is 4.30. The number of nitrogens with one attached hydrogen (secondary N) is 2. The summed E-state index contributed by atoms with van der Waals surface area (Å²) < 4.78 is 0. The second kappa shape index (κ2) is 5.00. The number of aryl methyl sites for hydroxylation is 1. The molecule has 0 radical (unpaired) electrons. The van der Waals surface area contributed by atoms with E-state index in [1.54, 1.807) is 0 Å². The van der Waals surface area contributed by atoms with Crippen LogP contribution in [0.4, 0.5) is 11.6 Å². The molecule has 21 heavy (non-hydrogen) atoms. The Morgan fingerprint density at radius 2 is 2.10 bits per heavy atom. The van der Waals surface area contributed by atoms with E-state index in [1.807, 2.05) is 6.07 Å². The molecule has 4 rings (SSSR count). The highest BCUT2D eigenvalue weighted by Crippen LogP contribution is 2.31. The van der Waals surface area contributed by atoms with Crippen LogP contribution < -0.4 is 15.8 Å². The number of rotatable bonds is 1. The molecule has 0 spiro atoms. The van der Waals surface area contributed by atoms with Gasteiger partial charge >= 0.3 is 0 Å². The molecule has 2 aliphatic heterocycles. The highest BCUT2D eigenvalue weighted by Gasteiger charge is 2.22. The van der Waals surface area contributed by atoms with Crippen LogP contribution in [0.5, 0.6) is 0 Å². The molecule has 2 N–H and O–H groups in total. The van der Waals surface area contributed by atoms with Crippen LogP contribution in [0.25, 0.3) is 0 Å². The second-order valence-electron chi connectivity index (χ2n) is 5.63. The van der Waals surface area contributed by atoms with Gasteiger partial charge in [-0.25, -0.2) is 4.98 Å². The van der Waals surface area contributed by atoms with E-state index in [9.17, 15) is 4.79 Å². The number of H-pyrrole nitrogens is 1. The van der Waals surface area contributed by atoms with Gasteiger partial charge in [0.05, 0.1) is 5.69 Å². The van der Waals surface area contributed by atoms with Crippen LogP contribution in [0, 0.1) is 0 Å². The second-order valence-corrected chi connectivity index (χ2v) is 5.63. The molecule has 0 saturated carbocycles. The lowest BCUT2D eigenvalue weighted by atomic mass is 10.0. The van der Waals surface area contributed by atoms with Crippen LogP contribution in [0.15, 0.2) is 29.1 Å². The lowest BCUT2D eigenvalue weighted by Gasteiger charge is -2.30. The standard InChI is InChI=1S/C16H18N4O/c21-15-12-7-8-17-10-13(12)18-16(19-15)20-9-3-5-11-4-1-2-6-14(11)20/h1-2,4,6,17H,3,5,7-10H2,(H,18,19,21). The average Bonchev–Trinajstić information content (AvgIpc) is 2.54. The lowest BCUT2D eigenvalue weighted by molar-refractivity contribution is 0.615. The van der Waals surface area contributed by atoms with Gasteiger partial charge in [0.2, 0.25) is 5.95 Å². The summed E-state index contributed by atoms with van der Waals surface area (Å²) in [6.07, 6.45) is 2.92. The number of hydrogen-bond donors (Lipinski definition) is 2. The number of anilines is 2. The molecule has 2 aliphatic rings. The van der Waals surface area contributed by atoms with Crippen molar-refractivity contribution in [1.82, 2.24) is 15.3 Å². The number of aromatic nitrogens is 2. The third-order valence-electron chi connectivity index (χ3n) is 4.30. The fraction of sp³-hybridized carbons (Fsp3) is 0.375. The zero-order chi connectivity index (χ0) is 14.2. The van der Waals surface area contributed by atoms with Crippen molar-refractivity contribution in [3.05, 3.63) is 51.4 Å². The summed E-state index contributed by atoms with van der Waals surface area (Å²) in [5.41, 5.74) is 4.23. The first kappa shape index (κ1) is 12.6. The van der Waals surface area contributed by atoms with E-state index in [0.717, 1.165) is 49.3 Å². The molecule has 0 saturated heterocycles. The molecule has 1 aromatic heterocycles. The van der Waals surface area contributed by atoms with Crippen LogP contribution >= 0.6 is 0 Å². The van der Waals surface area contributed by atoms with Crippen molar-refractivity contribution in [3.8, 4) is 0 Å². The van der Waals surface area contributed by atoms with E-state index in [-0.39, 0.29) is 5.56 Å². The van der Waals surface area contributed by atoms with Crippen molar-refractivity contribution >= 4 is 11.6 Å². The number of hydrogen-bond acceptors (Lipinski definition) is 4. The predicted molar refractivity (Wildman–Crippen MR) is 82.0 cm³/mol. The van der Waals surface area contributed by atoms with Crippen LogP contribution in [-0.2, 0) is 19.4 Å². The Kier molecular flexibility index (Phi) is 3.00. The Balaban J connectivity index is 1.81. The smallest absolute Gasteiger partial charge is 0.255 e. The molecule has 5 heteroatoms. The summed E-state index contributed by atoms with van der Waals surface area (Å²) in [6, 6.07) is 8.36. The van der Waals surface area contributed by atoms with Crippen molar-refractivity contribution in [2.75, 3.05) is 18.0 Å². The Bertz CT molecular complexity index is 737. The fourth-order valence-corrected chi connectivity index (χ4v) is 3.24. The van der Waals surface area contributed by atoms with Gasteiger partial charge in [-0.05, 0) is 37.4 Å². The van der Waals surface area contributed by atoms with Crippen LogP contribution in [0.2, 0.25) is 0 Å². The molecule has 1 aromatic carbocycles. The molecule has 0 unspecified atom stereocenters. The number of nitrogens with zero attached hydrogens (tertiary/aromatic N) is 2. The number of benzene rings is 1. The largest absolute Gasteiger partial charge is 0.312 e. The number of aromatic amines is 1. The van der Waals surface area contributed by atoms with E-state index < -0.39 is 0 Å². The van der Waals surface area contributed by atoms with Crippen molar-refractivity contribution in [2.24, 2.45) is 0 Å². The Morgan fingerprint density at radius 1 is 1.19 bits per heavy atom. The highest BCUT2D eigenvalue weighted by molar-refractivity contribution is 5.63. The maximum absolute atomic E-state index is 12.3. The zero-order valence-corrected chi connectivity index (χ0v) is 11.9. The molecule has 0 aliphatic carbocycles. The quantitative estimate of drug-likeness (QED) is 0.832. The monoisotopic (exact) mass is 282 g/mol. The normalized spacial score (nSPS) is 17.2. The molecule has 0 fully saturated rings. The van der Waals surface area contributed by atoms with Gasteiger partial charge in [-0.3, -0.25) is 9.78 Å². The van der Waals surface area contributed by atoms with E-state index in [1.165, 1.54) is 5.56 Å². The van der Waals surface area contributed by atoms with Gasteiger partial charge in [-0.15, -0.1) is 0 Å². The molecular weight excluding hydrogens is 264 g/mol. The summed E-state index contributed by atoms with van der Waals surface area (Å²) in [4.78, 5) is 22.1. The Labute approximate surface area is 123 Å². The van der Waals surface area contributed by atoms with Gasteiger partial charge in [0, 0.05) is 24.3 Å². The van der Waals surface area contributed by atoms with Gasteiger partial charge in [0.15, 0.2) is 0 Å². The molecule has 5 nitrogen and oxygen atoms in total. The van der Waals surface area contributed by atoms with Crippen LogP contribution in [-0.4, -0.2) is 23.1 Å². The molecule has 2 aromatic rings. The number of fused-ring (bicyclic) bond motifs is 2. The summed E-state index contributed by atoms with van der Waals surface area (Å²) in [7, 11) is 0. The summed E-state index contributed by atoms with van der Waals surface area (Å²) >= 11 is 0. The first-order chi connectivity index (χ1) is 10.3. The van der Waals surface area contributed by atoms with E-state index in [4.69, 9.17) is 4.98 Å². The topological polar surface area (TPSA) is 61.0 Å². The Morgan fingerprint density at radius 3 is 3.05 bits per heavy atom. The lowest BCUT2D eigenvalue weighted by Crippen LogP contribution is -2.34. The SMILES string of the molecule is O=c1[nH]c(N2CCCc3ccccc32)nc2c1CCNC2. The summed E-state index contributed by atoms with van der Waals surface area (Å²) in [5, 5.41) is 3.28. The average molecular weight is 282 g/mol. The highest BCUT2D eigenvalue weighted by atomic mass is 16.1. The maximum Gasteiger partial charge on any atom is 0.255 e. The van der Waals surface area contributed by atoms with Crippen molar-refractivity contribution in [1.29, 1.82) is 0 Å². The fourth-order valence-electron chi connectivity index (χ4n) is 3.24. The van der Waals surface area contributed by atoms with Crippen molar-refractivity contribution < 1.29 is 0 Å². The molecule has 0 amide bonds. The van der Waals surface area contributed by atoms with E-state index >= 15 is 0 Å². The van der Waals surface area contributed by atoms with E-state index in [2.05, 4.69) is 33.4 Å². The summed E-state index contributed by atoms with van der Waals surface area (Å²) in [6.45, 7) is 2.43. The van der Waals surface area contributed by atoms with Gasteiger partial charge < -0.3 is 10.2 Å². The first-order valence-electron chi connectivity index (χ1n) is 7.51. The van der Waals surface area contributed by atoms with Crippen LogP contribution in [0.3, 0.4) is 0 Å². The molecule has 3 heterocycles. The minimum Gasteiger partial charge on any atom is -0.312 e. The van der Waals surface area contributed by atoms with Crippen LogP contribution in [0.1, 0.15) is 23.2 Å². The molecular formula is C16H18N4O. The minimum absolute atomic E-state index is 0.0135. The predicted octanol–water partition coefficient (Wildman–Crippen LogP) is 1.50. The summed E-state index contributed by atoms with van der Waals surface area (Å²) in [5.74, 6) is 0.676. The molecule has 0 bridgehead atoms. The minimum atomic E-state index is 0.0135. The number of para-hydroxylation sites is 1. The van der Waals surface area contributed by atoms with Gasteiger partial charge in [0.1, 0.15) is 0 Å². The zero-order valence-electron chi connectivity index (χ0n) is 11.9. The van der Waals surface area contributed by atoms with Crippen molar-refractivity contribution in [3.63, 3.8) is 0 Å². The van der Waals surface area contributed by atoms with Gasteiger partial charge in [-0.2, -0.15) is 0 Å².